The molecule has 0 spiro atoms. The fraction of sp³-hybridized carbons (Fsp3) is 0.409. The molecule has 2 aromatic heterocycles. The third-order valence-corrected chi connectivity index (χ3v) is 6.17. The highest BCUT2D eigenvalue weighted by Gasteiger charge is 2.22. The number of ether oxygens (including phenoxy) is 2. The van der Waals surface area contributed by atoms with Crippen LogP contribution in [-0.4, -0.2) is 41.1 Å². The van der Waals surface area contributed by atoms with Gasteiger partial charge < -0.3 is 14.5 Å². The number of rotatable bonds is 8. The maximum atomic E-state index is 12.7. The number of carbonyl (C=O) groups excluding carboxylic acids is 1. The van der Waals surface area contributed by atoms with Gasteiger partial charge in [0.1, 0.15) is 21.3 Å². The summed E-state index contributed by atoms with van der Waals surface area (Å²) in [4.78, 5) is 35.5. The minimum Gasteiger partial charge on any atom is -0.494 e. The van der Waals surface area contributed by atoms with Gasteiger partial charge in [0.05, 0.1) is 24.6 Å². The highest BCUT2D eigenvalue weighted by Crippen LogP contribution is 2.29. The van der Waals surface area contributed by atoms with Crippen LogP contribution >= 0.6 is 11.3 Å². The van der Waals surface area contributed by atoms with Gasteiger partial charge in [-0.05, 0) is 58.0 Å². The summed E-state index contributed by atoms with van der Waals surface area (Å²) in [5.74, 6) is 0.996. The van der Waals surface area contributed by atoms with Crippen molar-refractivity contribution in [2.75, 3.05) is 20.3 Å². The Morgan fingerprint density at radius 1 is 1.23 bits per heavy atom. The van der Waals surface area contributed by atoms with E-state index in [0.29, 0.717) is 39.6 Å². The van der Waals surface area contributed by atoms with E-state index in [4.69, 9.17) is 9.47 Å². The number of thiophene rings is 1. The zero-order valence-corrected chi connectivity index (χ0v) is 18.8. The first-order valence-corrected chi connectivity index (χ1v) is 10.8. The largest absolute Gasteiger partial charge is 0.494 e. The summed E-state index contributed by atoms with van der Waals surface area (Å²) in [5.41, 5.74) is 1.51. The molecule has 1 aromatic carbocycles. The topological polar surface area (TPSA) is 84.5 Å². The van der Waals surface area contributed by atoms with Crippen LogP contribution in [0.1, 0.15) is 53.4 Å². The molecule has 0 bridgehead atoms. The summed E-state index contributed by atoms with van der Waals surface area (Å²) >= 11 is 1.20. The van der Waals surface area contributed by atoms with Crippen LogP contribution in [0.2, 0.25) is 0 Å². The second-order valence-corrected chi connectivity index (χ2v) is 8.08. The zero-order chi connectivity index (χ0) is 21.8. The lowest BCUT2D eigenvalue weighted by Gasteiger charge is -2.24. The number of hydrogen-bond acceptors (Lipinski definition) is 7. The van der Waals surface area contributed by atoms with Crippen LogP contribution in [0.25, 0.3) is 10.2 Å². The lowest BCUT2D eigenvalue weighted by atomic mass is 10.1. The summed E-state index contributed by atoms with van der Waals surface area (Å²) < 4.78 is 10.6. The van der Waals surface area contributed by atoms with Crippen LogP contribution in [0, 0.1) is 6.92 Å². The molecule has 0 aliphatic carbocycles. The normalized spacial score (nSPS) is 12.3. The summed E-state index contributed by atoms with van der Waals surface area (Å²) in [6, 6.07) is 7.84. The van der Waals surface area contributed by atoms with E-state index >= 15 is 0 Å². The van der Waals surface area contributed by atoms with Crippen LogP contribution in [0.4, 0.5) is 0 Å². The maximum Gasteiger partial charge on any atom is 0.348 e. The third-order valence-electron chi connectivity index (χ3n) is 5.00. The van der Waals surface area contributed by atoms with Crippen molar-refractivity contribution < 1.29 is 14.3 Å². The summed E-state index contributed by atoms with van der Waals surface area (Å²) in [7, 11) is 1.98. The fourth-order valence-electron chi connectivity index (χ4n) is 3.24. The molecule has 1 atom stereocenters. The molecule has 0 aliphatic rings. The fourth-order valence-corrected chi connectivity index (χ4v) is 4.32. The highest BCUT2D eigenvalue weighted by atomic mass is 32.1. The summed E-state index contributed by atoms with van der Waals surface area (Å²) in [6.45, 7) is 9.07. The molecule has 0 amide bonds. The number of aromatic nitrogens is 2. The first kappa shape index (κ1) is 22.0. The van der Waals surface area contributed by atoms with Crippen molar-refractivity contribution in [3.63, 3.8) is 0 Å². The second-order valence-electron chi connectivity index (χ2n) is 7.08. The number of carbonyl (C=O) groups is 1. The molecule has 1 N–H and O–H groups in total. The average molecular weight is 430 g/mol. The van der Waals surface area contributed by atoms with Crippen LogP contribution in [0.5, 0.6) is 5.75 Å². The molecule has 0 radical (unpaired) electrons. The molecular formula is C22H27N3O4S. The molecule has 0 fully saturated rings. The van der Waals surface area contributed by atoms with Gasteiger partial charge in [-0.25, -0.2) is 9.78 Å². The van der Waals surface area contributed by atoms with Gasteiger partial charge in [-0.2, -0.15) is 0 Å². The number of aromatic amines is 1. The number of benzene rings is 1. The summed E-state index contributed by atoms with van der Waals surface area (Å²) in [6.07, 6.45) is 0. The predicted octanol–water partition coefficient (Wildman–Crippen LogP) is 4.06. The molecule has 0 aliphatic heterocycles. The minimum absolute atomic E-state index is 0.123. The Morgan fingerprint density at radius 3 is 2.57 bits per heavy atom. The zero-order valence-electron chi connectivity index (χ0n) is 17.9. The van der Waals surface area contributed by atoms with Gasteiger partial charge in [-0.15, -0.1) is 11.3 Å². The third kappa shape index (κ3) is 4.55. The Kier molecular flexibility index (Phi) is 6.89. The van der Waals surface area contributed by atoms with Crippen molar-refractivity contribution in [2.45, 2.75) is 40.3 Å². The van der Waals surface area contributed by atoms with E-state index in [0.717, 1.165) is 11.3 Å². The van der Waals surface area contributed by atoms with Crippen molar-refractivity contribution >= 4 is 27.5 Å². The average Bonchev–Trinajstić information content (AvgIpc) is 3.06. The predicted molar refractivity (Wildman–Crippen MR) is 118 cm³/mol. The molecule has 1 unspecified atom stereocenters. The molecule has 30 heavy (non-hydrogen) atoms. The molecule has 3 rings (SSSR count). The number of hydrogen-bond donors (Lipinski definition) is 1. The van der Waals surface area contributed by atoms with E-state index in [2.05, 4.69) is 14.9 Å². The van der Waals surface area contributed by atoms with Gasteiger partial charge in [0.15, 0.2) is 0 Å². The SMILES string of the molecule is CCOC(=O)c1sc2nc(C(C)N(C)Cc3ccc(OCC)cc3)[nH]c(=O)c2c1C. The van der Waals surface area contributed by atoms with E-state index in [1.807, 2.05) is 45.2 Å². The standard InChI is InChI=1S/C22H27N3O4S/c1-6-28-16-10-8-15(9-11-16)12-25(5)14(4)19-23-20(26)17-13(3)18(22(27)29-7-2)30-21(17)24-19/h8-11,14H,6-7,12H2,1-5H3,(H,23,24,26). The number of aryl methyl sites for hydroxylation is 1. The van der Waals surface area contributed by atoms with Crippen LogP contribution < -0.4 is 10.3 Å². The van der Waals surface area contributed by atoms with Crippen molar-refractivity contribution in [1.29, 1.82) is 0 Å². The van der Waals surface area contributed by atoms with E-state index in [1.54, 1.807) is 13.8 Å². The number of H-pyrrole nitrogens is 1. The molecule has 2 heterocycles. The van der Waals surface area contributed by atoms with Gasteiger partial charge in [-0.3, -0.25) is 9.69 Å². The second kappa shape index (κ2) is 9.40. The molecule has 0 saturated carbocycles. The first-order chi connectivity index (χ1) is 14.3. The number of fused-ring (bicyclic) bond motifs is 1. The van der Waals surface area contributed by atoms with Gasteiger partial charge in [-0.1, -0.05) is 12.1 Å². The van der Waals surface area contributed by atoms with E-state index < -0.39 is 5.97 Å². The molecule has 8 heteroatoms. The van der Waals surface area contributed by atoms with Crippen LogP contribution in [-0.2, 0) is 11.3 Å². The van der Waals surface area contributed by atoms with Gasteiger partial charge >= 0.3 is 5.97 Å². The van der Waals surface area contributed by atoms with Crippen molar-refractivity contribution in [3.8, 4) is 5.75 Å². The Hall–Kier alpha value is -2.71. The van der Waals surface area contributed by atoms with Gasteiger partial charge in [0.25, 0.3) is 5.56 Å². The van der Waals surface area contributed by atoms with Crippen molar-refractivity contribution in [3.05, 3.63) is 56.4 Å². The Labute approximate surface area is 179 Å². The molecule has 0 saturated heterocycles. The summed E-state index contributed by atoms with van der Waals surface area (Å²) in [5, 5.41) is 0.452. The smallest absolute Gasteiger partial charge is 0.348 e. The maximum absolute atomic E-state index is 12.7. The van der Waals surface area contributed by atoms with Crippen molar-refractivity contribution in [2.24, 2.45) is 0 Å². The van der Waals surface area contributed by atoms with E-state index in [-0.39, 0.29) is 18.2 Å². The molecule has 3 aromatic rings. The number of nitrogens with one attached hydrogen (secondary N) is 1. The van der Waals surface area contributed by atoms with Crippen LogP contribution in [0.3, 0.4) is 0 Å². The highest BCUT2D eigenvalue weighted by molar-refractivity contribution is 7.20. The lowest BCUT2D eigenvalue weighted by Crippen LogP contribution is -2.25. The minimum atomic E-state index is -0.417. The Bertz CT molecular complexity index is 1090. The van der Waals surface area contributed by atoms with E-state index in [1.165, 1.54) is 11.3 Å². The molecular weight excluding hydrogens is 402 g/mol. The lowest BCUT2D eigenvalue weighted by molar-refractivity contribution is 0.0531. The quantitative estimate of drug-likeness (QED) is 0.544. The van der Waals surface area contributed by atoms with Crippen LogP contribution in [0.15, 0.2) is 29.1 Å². The molecule has 7 nitrogen and oxygen atoms in total. The van der Waals surface area contributed by atoms with Gasteiger partial charge in [0.2, 0.25) is 0 Å². The Balaban J connectivity index is 1.84. The molecule has 160 valence electrons. The van der Waals surface area contributed by atoms with E-state index in [9.17, 15) is 9.59 Å². The first-order valence-electron chi connectivity index (χ1n) is 9.98. The number of nitrogens with zero attached hydrogens (tertiary/aromatic N) is 2. The van der Waals surface area contributed by atoms with Crippen molar-refractivity contribution in [1.82, 2.24) is 14.9 Å². The van der Waals surface area contributed by atoms with Gasteiger partial charge in [0, 0.05) is 6.54 Å². The monoisotopic (exact) mass is 429 g/mol. The number of esters is 1. The Morgan fingerprint density at radius 2 is 1.93 bits per heavy atom.